The Kier molecular flexibility index (Phi) is 7.60. The summed E-state index contributed by atoms with van der Waals surface area (Å²) in [5.74, 6) is -0.170. The third-order valence-corrected chi connectivity index (χ3v) is 13.2. The van der Waals surface area contributed by atoms with E-state index in [1.807, 2.05) is 25.3 Å². The quantitative estimate of drug-likeness (QED) is 0.397. The summed E-state index contributed by atoms with van der Waals surface area (Å²) in [6.45, 7) is 7.20. The molecule has 1 aromatic rings. The van der Waals surface area contributed by atoms with Crippen LogP contribution in [0.2, 0.25) is 0 Å². The first-order chi connectivity index (χ1) is 20.8. The van der Waals surface area contributed by atoms with Crippen molar-refractivity contribution in [2.24, 2.45) is 34.5 Å². The van der Waals surface area contributed by atoms with Crippen LogP contribution < -0.4 is 0 Å². The molecule has 0 aromatic heterocycles. The molecular formula is C34H51NO8. The van der Waals surface area contributed by atoms with E-state index in [9.17, 15) is 10.2 Å². The van der Waals surface area contributed by atoms with Gasteiger partial charge in [-0.2, -0.15) is 0 Å². The Morgan fingerprint density at radius 2 is 1.70 bits per heavy atom. The zero-order chi connectivity index (χ0) is 30.4. The van der Waals surface area contributed by atoms with Gasteiger partial charge in [-0.25, -0.2) is 0 Å². The summed E-state index contributed by atoms with van der Waals surface area (Å²) in [7, 11) is 7.06. The minimum Gasteiger partial charge on any atom is -0.392 e. The van der Waals surface area contributed by atoms with E-state index in [2.05, 4.69) is 30.9 Å². The molecular weight excluding hydrogens is 550 g/mol. The average molecular weight is 602 g/mol. The van der Waals surface area contributed by atoms with Gasteiger partial charge >= 0.3 is 0 Å². The summed E-state index contributed by atoms with van der Waals surface area (Å²) in [6, 6.07) is 10.3. The summed E-state index contributed by atoms with van der Waals surface area (Å²) in [4.78, 5) is 2.57. The number of nitrogens with zero attached hydrogens (tertiary/aromatic N) is 1. The zero-order valence-corrected chi connectivity index (χ0v) is 26.6. The maximum atomic E-state index is 12.8. The van der Waals surface area contributed by atoms with E-state index in [-0.39, 0.29) is 41.9 Å². The van der Waals surface area contributed by atoms with Gasteiger partial charge in [-0.15, -0.1) is 0 Å². The fraction of sp³-hybridized carbons (Fsp3) is 0.824. The van der Waals surface area contributed by atoms with Gasteiger partial charge < -0.3 is 38.6 Å². The molecule has 6 fully saturated rings. The van der Waals surface area contributed by atoms with Crippen molar-refractivity contribution >= 4 is 0 Å². The number of methoxy groups -OCH3 is 4. The highest BCUT2D eigenvalue weighted by atomic mass is 16.5. The Morgan fingerprint density at radius 1 is 0.953 bits per heavy atom. The van der Waals surface area contributed by atoms with Gasteiger partial charge in [-0.3, -0.25) is 4.90 Å². The molecule has 0 amide bonds. The predicted molar refractivity (Wildman–Crippen MR) is 158 cm³/mol. The van der Waals surface area contributed by atoms with Crippen molar-refractivity contribution < 1.29 is 38.6 Å². The minimum atomic E-state index is -1.19. The zero-order valence-electron chi connectivity index (χ0n) is 26.6. The van der Waals surface area contributed by atoms with Crippen LogP contribution in [0.25, 0.3) is 0 Å². The Labute approximate surface area is 256 Å². The minimum absolute atomic E-state index is 0.000551. The van der Waals surface area contributed by atoms with Crippen molar-refractivity contribution in [1.29, 1.82) is 0 Å². The molecule has 0 radical (unpaired) electrons. The van der Waals surface area contributed by atoms with Gasteiger partial charge in [0, 0.05) is 89.1 Å². The molecule has 6 aliphatic rings. The first-order valence-corrected chi connectivity index (χ1v) is 16.3. The van der Waals surface area contributed by atoms with Gasteiger partial charge in [-0.05, 0) is 31.4 Å². The highest BCUT2D eigenvalue weighted by molar-refractivity contribution is 5.39. The Hall–Kier alpha value is -1.14. The van der Waals surface area contributed by atoms with Gasteiger partial charge in [0.2, 0.25) is 0 Å². The molecule has 43 heavy (non-hydrogen) atoms. The summed E-state index contributed by atoms with van der Waals surface area (Å²) in [6.07, 6.45) is -0.350. The van der Waals surface area contributed by atoms with Crippen LogP contribution in [0.4, 0.5) is 0 Å². The van der Waals surface area contributed by atoms with Crippen LogP contribution >= 0.6 is 0 Å². The molecule has 7 rings (SSSR count). The number of likely N-dealkylation sites (tertiary alicyclic amines) is 1. The van der Waals surface area contributed by atoms with Crippen LogP contribution in [0.3, 0.4) is 0 Å². The molecule has 7 bridgehead atoms. The van der Waals surface area contributed by atoms with Crippen molar-refractivity contribution in [3.05, 3.63) is 35.9 Å². The maximum Gasteiger partial charge on any atom is 0.118 e. The van der Waals surface area contributed by atoms with Crippen LogP contribution in [0, 0.1) is 34.5 Å². The Bertz CT molecular complexity index is 1170. The first kappa shape index (κ1) is 30.5. The van der Waals surface area contributed by atoms with Crippen molar-refractivity contribution in [2.75, 3.05) is 54.7 Å². The van der Waals surface area contributed by atoms with Crippen LogP contribution in [0.5, 0.6) is 0 Å². The lowest BCUT2D eigenvalue weighted by molar-refractivity contribution is -0.309. The number of aliphatic hydroxyl groups excluding tert-OH is 1. The molecule has 1 aliphatic heterocycles. The summed E-state index contributed by atoms with van der Waals surface area (Å²) in [5.41, 5.74) is -1.72. The highest BCUT2D eigenvalue weighted by Gasteiger charge is 2.89. The molecule has 240 valence electrons. The van der Waals surface area contributed by atoms with Crippen molar-refractivity contribution in [2.45, 2.75) is 87.5 Å². The van der Waals surface area contributed by atoms with E-state index in [0.717, 1.165) is 18.7 Å². The van der Waals surface area contributed by atoms with Crippen molar-refractivity contribution in [3.8, 4) is 0 Å². The van der Waals surface area contributed by atoms with Crippen LogP contribution in [-0.4, -0.2) is 118 Å². The molecule has 5 saturated carbocycles. The fourth-order valence-corrected chi connectivity index (χ4v) is 12.4. The lowest BCUT2D eigenvalue weighted by atomic mass is 9.42. The predicted octanol–water partition coefficient (Wildman–Crippen LogP) is 2.51. The smallest absolute Gasteiger partial charge is 0.118 e. The highest BCUT2D eigenvalue weighted by Crippen LogP contribution is 2.80. The third kappa shape index (κ3) is 3.60. The van der Waals surface area contributed by atoms with E-state index in [4.69, 9.17) is 28.4 Å². The molecule has 5 aliphatic carbocycles. The number of aliphatic hydroxyl groups is 2. The molecule has 10 unspecified atom stereocenters. The first-order valence-electron chi connectivity index (χ1n) is 16.3. The average Bonchev–Trinajstić information content (AvgIpc) is 3.39. The number of hydrogen-bond acceptors (Lipinski definition) is 9. The van der Waals surface area contributed by atoms with Crippen molar-refractivity contribution in [3.63, 3.8) is 0 Å². The number of rotatable bonds is 11. The standard InChI is InChI=1S/C34H51NO8/c1-7-35-18-31(19-38-3)22(36)14-23(39-4)34-21-15-32(37)24(40-5)16-33(43-8-2,26(29(34)35)27(41-6)28(31)34)25(21)30(32)42-17-20-12-10-9-11-13-20/h9-13,21-30,36-37H,7-8,14-19H2,1-6H3/t21?,22?,23?,24?,25?,26?,27?,28?,29-,30?,31-,32-,33+,34?/m0/s1. The maximum absolute atomic E-state index is 12.8. The van der Waals surface area contributed by atoms with Crippen LogP contribution in [0.1, 0.15) is 38.7 Å². The monoisotopic (exact) mass is 601 g/mol. The molecule has 9 nitrogen and oxygen atoms in total. The second-order valence-electron chi connectivity index (χ2n) is 14.2. The topological polar surface area (TPSA) is 99.1 Å². The lowest BCUT2D eigenvalue weighted by Gasteiger charge is -2.70. The number of piperidine rings is 1. The number of benzene rings is 1. The number of fused-ring (bicyclic) bond motifs is 2. The normalized spacial score (nSPS) is 51.2. The van der Waals surface area contributed by atoms with Crippen LogP contribution in [0.15, 0.2) is 30.3 Å². The van der Waals surface area contributed by atoms with E-state index in [0.29, 0.717) is 39.1 Å². The van der Waals surface area contributed by atoms with Gasteiger partial charge in [0.15, 0.2) is 0 Å². The number of ether oxygens (including phenoxy) is 6. The summed E-state index contributed by atoms with van der Waals surface area (Å²) >= 11 is 0. The third-order valence-electron chi connectivity index (χ3n) is 13.2. The van der Waals surface area contributed by atoms with Gasteiger partial charge in [0.1, 0.15) is 5.60 Å². The van der Waals surface area contributed by atoms with E-state index >= 15 is 0 Å². The lowest BCUT2D eigenvalue weighted by Crippen LogP contribution is -2.79. The molecule has 1 aromatic carbocycles. The molecule has 9 heteroatoms. The molecule has 2 N–H and O–H groups in total. The van der Waals surface area contributed by atoms with Gasteiger partial charge in [0.05, 0.1) is 49.3 Å². The molecule has 1 spiro atoms. The van der Waals surface area contributed by atoms with Crippen LogP contribution in [-0.2, 0) is 35.0 Å². The Morgan fingerprint density at radius 3 is 2.33 bits per heavy atom. The van der Waals surface area contributed by atoms with E-state index in [1.165, 1.54) is 0 Å². The largest absolute Gasteiger partial charge is 0.392 e. The van der Waals surface area contributed by atoms with E-state index < -0.39 is 40.3 Å². The molecule has 1 saturated heterocycles. The molecule has 1 heterocycles. The SMILES string of the molecule is CCO[C@]12CC(OC)[C@@]3(O)CC(C1C3OCc1ccccc1)C13C(OC)CC(O)[C@@]4(COC)CN(CC)[C@H]1C2C(OC)C34. The molecule has 14 atom stereocenters. The number of hydrogen-bond donors (Lipinski definition) is 2. The van der Waals surface area contributed by atoms with E-state index in [1.54, 1.807) is 21.3 Å². The van der Waals surface area contributed by atoms with Gasteiger partial charge in [0.25, 0.3) is 0 Å². The second kappa shape index (κ2) is 10.7. The summed E-state index contributed by atoms with van der Waals surface area (Å²) < 4.78 is 39.3. The van der Waals surface area contributed by atoms with Crippen molar-refractivity contribution in [1.82, 2.24) is 4.90 Å². The fourth-order valence-electron chi connectivity index (χ4n) is 12.4. The second-order valence-corrected chi connectivity index (χ2v) is 14.2. The summed E-state index contributed by atoms with van der Waals surface area (Å²) in [5, 5.41) is 24.8. The van der Waals surface area contributed by atoms with Gasteiger partial charge in [-0.1, -0.05) is 37.3 Å². The Balaban J connectivity index is 1.47.